The molecular formula is C20H34IN5O2. The van der Waals surface area contributed by atoms with Gasteiger partial charge in [-0.15, -0.1) is 24.0 Å². The molecule has 0 unspecified atom stereocenters. The minimum atomic E-state index is 0. The zero-order valence-corrected chi connectivity index (χ0v) is 19.3. The maximum atomic E-state index is 12.6. The molecule has 2 aliphatic heterocycles. The first kappa shape index (κ1) is 23.0. The number of likely N-dealkylation sites (tertiary alicyclic amines) is 1. The maximum absolute atomic E-state index is 12.6. The minimum Gasteiger partial charge on any atom is -0.469 e. The smallest absolute Gasteiger partial charge is 0.236 e. The van der Waals surface area contributed by atoms with Crippen LogP contribution in [0.4, 0.5) is 0 Å². The number of aliphatic imine (C=N–C) groups is 1. The number of nitrogens with one attached hydrogen (secondary N) is 1. The molecule has 0 aromatic carbocycles. The summed E-state index contributed by atoms with van der Waals surface area (Å²) in [5.41, 5.74) is 0. The third kappa shape index (κ3) is 6.95. The van der Waals surface area contributed by atoms with Gasteiger partial charge in [-0.3, -0.25) is 14.7 Å². The van der Waals surface area contributed by atoms with Gasteiger partial charge in [-0.2, -0.15) is 0 Å². The molecule has 1 N–H and O–H groups in total. The molecule has 2 aliphatic rings. The van der Waals surface area contributed by atoms with Crippen LogP contribution in [0, 0.1) is 0 Å². The topological polar surface area (TPSA) is 64.3 Å². The number of amides is 1. The van der Waals surface area contributed by atoms with Gasteiger partial charge >= 0.3 is 0 Å². The van der Waals surface area contributed by atoms with E-state index < -0.39 is 0 Å². The average molecular weight is 503 g/mol. The van der Waals surface area contributed by atoms with E-state index in [0.29, 0.717) is 12.5 Å². The van der Waals surface area contributed by atoms with Crippen LogP contribution in [0.2, 0.25) is 0 Å². The van der Waals surface area contributed by atoms with E-state index in [1.807, 2.05) is 19.2 Å². The van der Waals surface area contributed by atoms with Crippen LogP contribution in [-0.4, -0.2) is 86.0 Å². The highest BCUT2D eigenvalue weighted by atomic mass is 127. The Morgan fingerprint density at radius 2 is 1.79 bits per heavy atom. The molecule has 3 heterocycles. The lowest BCUT2D eigenvalue weighted by molar-refractivity contribution is -0.132. The summed E-state index contributed by atoms with van der Waals surface area (Å²) in [6, 6.07) is 3.90. The Labute approximate surface area is 185 Å². The number of hydrogen-bond acceptors (Lipinski definition) is 4. The van der Waals surface area contributed by atoms with Crippen LogP contribution in [0.1, 0.15) is 31.4 Å². The van der Waals surface area contributed by atoms with Gasteiger partial charge in [0.25, 0.3) is 0 Å². The van der Waals surface area contributed by atoms with Crippen LogP contribution in [-0.2, 0) is 11.2 Å². The van der Waals surface area contributed by atoms with E-state index in [2.05, 4.69) is 25.0 Å². The molecule has 2 fully saturated rings. The van der Waals surface area contributed by atoms with Crippen LogP contribution in [0.5, 0.6) is 0 Å². The average Bonchev–Trinajstić information content (AvgIpc) is 3.05. The third-order valence-corrected chi connectivity index (χ3v) is 5.44. The van der Waals surface area contributed by atoms with Gasteiger partial charge in [0.2, 0.25) is 5.91 Å². The SMILES string of the molecule is CN=C(NCCc1ccco1)N1CCN(CC(=O)N2CCCCCC2)CC1.I. The standard InChI is InChI=1S/C20H33N5O2.HI/c1-21-20(22-9-8-18-7-6-16-27-18)25-14-12-23(13-15-25)17-19(26)24-10-4-2-3-5-11-24;/h6-7,16H,2-5,8-15,17H2,1H3,(H,21,22);1H. The first-order valence-corrected chi connectivity index (χ1v) is 10.2. The summed E-state index contributed by atoms with van der Waals surface area (Å²) in [7, 11) is 1.82. The van der Waals surface area contributed by atoms with Gasteiger partial charge in [-0.05, 0) is 25.0 Å². The fraction of sp³-hybridized carbons (Fsp3) is 0.700. The quantitative estimate of drug-likeness (QED) is 0.379. The summed E-state index contributed by atoms with van der Waals surface area (Å²) in [4.78, 5) is 23.6. The van der Waals surface area contributed by atoms with E-state index in [-0.39, 0.29) is 24.0 Å². The van der Waals surface area contributed by atoms with Crippen molar-refractivity contribution in [1.82, 2.24) is 20.0 Å². The fourth-order valence-corrected chi connectivity index (χ4v) is 3.81. The molecule has 1 amide bonds. The van der Waals surface area contributed by atoms with E-state index in [0.717, 1.165) is 76.8 Å². The summed E-state index contributed by atoms with van der Waals surface area (Å²) < 4.78 is 5.37. The van der Waals surface area contributed by atoms with E-state index in [1.54, 1.807) is 6.26 Å². The monoisotopic (exact) mass is 503 g/mol. The van der Waals surface area contributed by atoms with Crippen molar-refractivity contribution < 1.29 is 9.21 Å². The number of furan rings is 1. The lowest BCUT2D eigenvalue weighted by atomic mass is 10.2. The number of halogens is 1. The van der Waals surface area contributed by atoms with Crippen LogP contribution in [0.15, 0.2) is 27.8 Å². The molecule has 8 heteroatoms. The Kier molecular flexibility index (Phi) is 10.1. The molecule has 158 valence electrons. The molecule has 28 heavy (non-hydrogen) atoms. The van der Waals surface area contributed by atoms with Crippen LogP contribution < -0.4 is 5.32 Å². The predicted octanol–water partition coefficient (Wildman–Crippen LogP) is 2.04. The Bertz CT molecular complexity index is 592. The molecule has 0 spiro atoms. The van der Waals surface area contributed by atoms with Crippen LogP contribution in [0.25, 0.3) is 0 Å². The molecule has 0 bridgehead atoms. The van der Waals surface area contributed by atoms with Crippen molar-refractivity contribution in [1.29, 1.82) is 0 Å². The zero-order chi connectivity index (χ0) is 18.9. The van der Waals surface area contributed by atoms with Crippen molar-refractivity contribution >= 4 is 35.8 Å². The van der Waals surface area contributed by atoms with E-state index in [4.69, 9.17) is 4.42 Å². The van der Waals surface area contributed by atoms with Gasteiger partial charge in [0.1, 0.15) is 5.76 Å². The number of piperazine rings is 1. The van der Waals surface area contributed by atoms with Crippen molar-refractivity contribution in [3.05, 3.63) is 24.2 Å². The van der Waals surface area contributed by atoms with Crippen molar-refractivity contribution in [2.24, 2.45) is 4.99 Å². The summed E-state index contributed by atoms with van der Waals surface area (Å²) in [5.74, 6) is 2.21. The molecule has 0 saturated carbocycles. The largest absolute Gasteiger partial charge is 0.469 e. The highest BCUT2D eigenvalue weighted by molar-refractivity contribution is 14.0. The first-order chi connectivity index (χ1) is 13.3. The van der Waals surface area contributed by atoms with Gasteiger partial charge < -0.3 is 19.5 Å². The molecule has 1 aromatic heterocycles. The highest BCUT2D eigenvalue weighted by Gasteiger charge is 2.23. The lowest BCUT2D eigenvalue weighted by Gasteiger charge is -2.37. The zero-order valence-electron chi connectivity index (χ0n) is 16.9. The van der Waals surface area contributed by atoms with Crippen molar-refractivity contribution in [2.75, 3.05) is 59.4 Å². The van der Waals surface area contributed by atoms with E-state index >= 15 is 0 Å². The van der Waals surface area contributed by atoms with Gasteiger partial charge in [0, 0.05) is 59.3 Å². The minimum absolute atomic E-state index is 0. The second kappa shape index (κ2) is 12.3. The Morgan fingerprint density at radius 1 is 1.07 bits per heavy atom. The molecule has 0 atom stereocenters. The Morgan fingerprint density at radius 3 is 2.39 bits per heavy atom. The van der Waals surface area contributed by atoms with Gasteiger partial charge in [0.15, 0.2) is 5.96 Å². The first-order valence-electron chi connectivity index (χ1n) is 10.2. The summed E-state index contributed by atoms with van der Waals surface area (Å²) in [5, 5.41) is 3.41. The normalized spacial score (nSPS) is 19.1. The summed E-state index contributed by atoms with van der Waals surface area (Å²) in [6.45, 7) is 6.82. The fourth-order valence-electron chi connectivity index (χ4n) is 3.81. The van der Waals surface area contributed by atoms with Crippen molar-refractivity contribution in [3.63, 3.8) is 0 Å². The van der Waals surface area contributed by atoms with Crippen LogP contribution in [0.3, 0.4) is 0 Å². The van der Waals surface area contributed by atoms with Gasteiger partial charge in [0.05, 0.1) is 12.8 Å². The van der Waals surface area contributed by atoms with Gasteiger partial charge in [-0.25, -0.2) is 0 Å². The van der Waals surface area contributed by atoms with E-state index in [1.165, 1.54) is 12.8 Å². The summed E-state index contributed by atoms with van der Waals surface area (Å²) >= 11 is 0. The predicted molar refractivity (Wildman–Crippen MR) is 122 cm³/mol. The second-order valence-corrected chi connectivity index (χ2v) is 7.36. The van der Waals surface area contributed by atoms with Gasteiger partial charge in [-0.1, -0.05) is 12.8 Å². The molecule has 7 nitrogen and oxygen atoms in total. The molecule has 0 radical (unpaired) electrons. The number of carbonyl (C=O) groups excluding carboxylic acids is 1. The maximum Gasteiger partial charge on any atom is 0.236 e. The summed E-state index contributed by atoms with van der Waals surface area (Å²) in [6.07, 6.45) is 7.37. The van der Waals surface area contributed by atoms with Crippen molar-refractivity contribution in [3.8, 4) is 0 Å². The van der Waals surface area contributed by atoms with E-state index in [9.17, 15) is 4.79 Å². The highest BCUT2D eigenvalue weighted by Crippen LogP contribution is 2.11. The lowest BCUT2D eigenvalue weighted by Crippen LogP contribution is -2.54. The third-order valence-electron chi connectivity index (χ3n) is 5.44. The molecular weight excluding hydrogens is 469 g/mol. The molecule has 2 saturated heterocycles. The Hall–Kier alpha value is -1.29. The number of rotatable bonds is 5. The number of carbonyl (C=O) groups is 1. The molecule has 3 rings (SSSR count). The molecule has 1 aromatic rings. The number of guanidine groups is 1. The van der Waals surface area contributed by atoms with Crippen LogP contribution >= 0.6 is 24.0 Å². The van der Waals surface area contributed by atoms with Crippen molar-refractivity contribution in [2.45, 2.75) is 32.1 Å². The number of hydrogen-bond donors (Lipinski definition) is 1. The number of nitrogens with zero attached hydrogens (tertiary/aromatic N) is 4. The Balaban J connectivity index is 0.00000280. The second-order valence-electron chi connectivity index (χ2n) is 7.36. The molecule has 0 aliphatic carbocycles.